The molecule has 1 heterocycles. The lowest BCUT2D eigenvalue weighted by Crippen LogP contribution is -2.41. The topological polar surface area (TPSA) is 76.2 Å². The minimum Gasteiger partial charge on any atom is -0.497 e. The average molecular weight is 515 g/mol. The number of methoxy groups -OCH3 is 1. The second-order valence-electron chi connectivity index (χ2n) is 9.36. The van der Waals surface area contributed by atoms with Gasteiger partial charge >= 0.3 is 5.97 Å². The van der Waals surface area contributed by atoms with E-state index in [1.807, 2.05) is 59.5 Å². The van der Waals surface area contributed by atoms with E-state index in [4.69, 9.17) is 9.47 Å². The van der Waals surface area contributed by atoms with Gasteiger partial charge in [0.05, 0.1) is 32.6 Å². The highest BCUT2D eigenvalue weighted by Crippen LogP contribution is 2.25. The monoisotopic (exact) mass is 514 g/mol. The first kappa shape index (κ1) is 26.9. The Bertz CT molecular complexity index is 1250. The maximum Gasteiger partial charge on any atom is 0.309 e. The van der Waals surface area contributed by atoms with E-state index in [9.17, 15) is 14.4 Å². The van der Waals surface area contributed by atoms with Crippen LogP contribution in [0.15, 0.2) is 78.9 Å². The summed E-state index contributed by atoms with van der Waals surface area (Å²) in [6, 6.07) is 24.5. The van der Waals surface area contributed by atoms with Crippen molar-refractivity contribution in [2.24, 2.45) is 5.92 Å². The number of ether oxygens (including phenoxy) is 2. The molecule has 1 aliphatic rings. The molecule has 1 saturated heterocycles. The second-order valence-corrected chi connectivity index (χ2v) is 9.36. The number of carbonyl (C=O) groups is 3. The molecule has 0 radical (unpaired) electrons. The van der Waals surface area contributed by atoms with Gasteiger partial charge in [0.15, 0.2) is 0 Å². The Kier molecular flexibility index (Phi) is 9.14. The Hall–Kier alpha value is -4.13. The number of piperidine rings is 1. The van der Waals surface area contributed by atoms with E-state index < -0.39 is 0 Å². The highest BCUT2D eigenvalue weighted by Gasteiger charge is 2.28. The fourth-order valence-corrected chi connectivity index (χ4v) is 4.70. The number of hydrogen-bond donors (Lipinski definition) is 0. The summed E-state index contributed by atoms with van der Waals surface area (Å²) in [6.45, 7) is 3.63. The predicted molar refractivity (Wildman–Crippen MR) is 146 cm³/mol. The Labute approximate surface area is 224 Å². The van der Waals surface area contributed by atoms with Gasteiger partial charge in [0, 0.05) is 24.3 Å². The number of benzene rings is 3. The molecular formula is C31H34N2O5. The van der Waals surface area contributed by atoms with E-state index in [2.05, 4.69) is 0 Å². The van der Waals surface area contributed by atoms with Crippen LogP contribution in [-0.2, 0) is 27.3 Å². The molecule has 3 aromatic carbocycles. The maximum atomic E-state index is 13.7. The minimum absolute atomic E-state index is 0.0122. The molecule has 7 heteroatoms. The maximum absolute atomic E-state index is 13.7. The van der Waals surface area contributed by atoms with Crippen LogP contribution in [-0.4, -0.2) is 49.5 Å². The highest BCUT2D eigenvalue weighted by molar-refractivity contribution is 6.06. The molecule has 38 heavy (non-hydrogen) atoms. The summed E-state index contributed by atoms with van der Waals surface area (Å²) in [6.07, 6.45) is 1.46. The fourth-order valence-electron chi connectivity index (χ4n) is 4.70. The number of anilines is 1. The van der Waals surface area contributed by atoms with E-state index in [0.29, 0.717) is 56.1 Å². The molecule has 1 fully saturated rings. The van der Waals surface area contributed by atoms with Crippen molar-refractivity contribution < 1.29 is 23.9 Å². The van der Waals surface area contributed by atoms with Gasteiger partial charge < -0.3 is 19.3 Å². The summed E-state index contributed by atoms with van der Waals surface area (Å²) < 4.78 is 10.5. The Morgan fingerprint density at radius 1 is 0.895 bits per heavy atom. The molecule has 7 nitrogen and oxygen atoms in total. The first-order valence-electron chi connectivity index (χ1n) is 13.0. The van der Waals surface area contributed by atoms with E-state index in [0.717, 1.165) is 11.1 Å². The quantitative estimate of drug-likeness (QED) is 0.380. The lowest BCUT2D eigenvalue weighted by Gasteiger charge is -2.31. The molecule has 0 aromatic heterocycles. The van der Waals surface area contributed by atoms with Crippen LogP contribution in [0, 0.1) is 5.92 Å². The smallest absolute Gasteiger partial charge is 0.309 e. The van der Waals surface area contributed by atoms with Crippen LogP contribution in [0.4, 0.5) is 5.69 Å². The molecule has 0 unspecified atom stereocenters. The van der Waals surface area contributed by atoms with E-state index in [1.165, 1.54) is 0 Å². The molecule has 1 aliphatic heterocycles. The molecule has 0 N–H and O–H groups in total. The molecule has 0 aliphatic carbocycles. The normalized spacial score (nSPS) is 13.6. The summed E-state index contributed by atoms with van der Waals surface area (Å²) in [5.74, 6) is 0.153. The van der Waals surface area contributed by atoms with Gasteiger partial charge in [0.25, 0.3) is 5.91 Å². The van der Waals surface area contributed by atoms with Crippen LogP contribution in [0.3, 0.4) is 0 Å². The number of carbonyl (C=O) groups excluding carboxylic acids is 3. The fraction of sp³-hybridized carbons (Fsp3) is 0.323. The van der Waals surface area contributed by atoms with E-state index in [-0.39, 0.29) is 30.1 Å². The number of likely N-dealkylation sites (tertiary alicyclic amines) is 1. The van der Waals surface area contributed by atoms with Gasteiger partial charge in [-0.1, -0.05) is 48.5 Å². The lowest BCUT2D eigenvalue weighted by atomic mass is 9.96. The zero-order valence-electron chi connectivity index (χ0n) is 22.0. The van der Waals surface area contributed by atoms with E-state index >= 15 is 0 Å². The summed E-state index contributed by atoms with van der Waals surface area (Å²) in [7, 11) is 1.57. The van der Waals surface area contributed by atoms with Crippen molar-refractivity contribution in [2.45, 2.75) is 32.7 Å². The summed E-state index contributed by atoms with van der Waals surface area (Å²) in [5, 5.41) is 0. The van der Waals surface area contributed by atoms with Crippen molar-refractivity contribution in [1.29, 1.82) is 0 Å². The molecule has 0 saturated carbocycles. The van der Waals surface area contributed by atoms with Gasteiger partial charge in [-0.3, -0.25) is 14.4 Å². The van der Waals surface area contributed by atoms with Crippen molar-refractivity contribution in [1.82, 2.24) is 4.90 Å². The van der Waals surface area contributed by atoms with Crippen LogP contribution in [0.2, 0.25) is 0 Å². The number of rotatable bonds is 9. The second kappa shape index (κ2) is 12.9. The number of amides is 2. The van der Waals surface area contributed by atoms with Crippen molar-refractivity contribution in [3.8, 4) is 5.75 Å². The Balaban J connectivity index is 1.51. The number of hydrogen-bond acceptors (Lipinski definition) is 5. The SMILES string of the molecule is CCOC(=O)C1CCN(C(=O)Cc2cccc(N(Cc3ccccc3)C(=O)c3cccc(OC)c3)c2)CC1. The predicted octanol–water partition coefficient (Wildman–Crippen LogP) is 4.89. The highest BCUT2D eigenvalue weighted by atomic mass is 16.5. The average Bonchev–Trinajstić information content (AvgIpc) is 2.96. The summed E-state index contributed by atoms with van der Waals surface area (Å²) in [5.41, 5.74) is 3.06. The van der Waals surface area contributed by atoms with Crippen LogP contribution >= 0.6 is 0 Å². The zero-order valence-corrected chi connectivity index (χ0v) is 22.0. The third-order valence-electron chi connectivity index (χ3n) is 6.79. The van der Waals surface area contributed by atoms with Crippen molar-refractivity contribution >= 4 is 23.5 Å². The zero-order chi connectivity index (χ0) is 26.9. The minimum atomic E-state index is -0.175. The third-order valence-corrected chi connectivity index (χ3v) is 6.79. The van der Waals surface area contributed by atoms with E-state index in [1.54, 1.807) is 43.2 Å². The van der Waals surface area contributed by atoms with Crippen LogP contribution < -0.4 is 9.64 Å². The first-order valence-corrected chi connectivity index (χ1v) is 13.0. The summed E-state index contributed by atoms with van der Waals surface area (Å²) >= 11 is 0. The molecule has 0 spiro atoms. The number of esters is 1. The van der Waals surface area contributed by atoms with Crippen LogP contribution in [0.25, 0.3) is 0 Å². The molecule has 3 aromatic rings. The van der Waals surface area contributed by atoms with Gasteiger partial charge in [0.1, 0.15) is 5.75 Å². The Morgan fingerprint density at radius 3 is 2.32 bits per heavy atom. The third kappa shape index (κ3) is 6.79. The Morgan fingerprint density at radius 2 is 1.61 bits per heavy atom. The largest absolute Gasteiger partial charge is 0.497 e. The molecule has 2 amide bonds. The van der Waals surface area contributed by atoms with Gasteiger partial charge in [-0.25, -0.2) is 0 Å². The van der Waals surface area contributed by atoms with Crippen molar-refractivity contribution in [2.75, 3.05) is 31.7 Å². The van der Waals surface area contributed by atoms with Crippen molar-refractivity contribution in [3.05, 3.63) is 95.6 Å². The first-order chi connectivity index (χ1) is 18.5. The molecule has 198 valence electrons. The molecular weight excluding hydrogens is 480 g/mol. The van der Waals surface area contributed by atoms with Gasteiger partial charge in [-0.2, -0.15) is 0 Å². The molecule has 4 rings (SSSR count). The van der Waals surface area contributed by atoms with Crippen LogP contribution in [0.5, 0.6) is 5.75 Å². The number of nitrogens with zero attached hydrogens (tertiary/aromatic N) is 2. The van der Waals surface area contributed by atoms with Gasteiger partial charge in [-0.05, 0) is 61.2 Å². The summed E-state index contributed by atoms with van der Waals surface area (Å²) in [4.78, 5) is 42.3. The lowest BCUT2D eigenvalue weighted by molar-refractivity contribution is -0.151. The van der Waals surface area contributed by atoms with Crippen LogP contribution in [0.1, 0.15) is 41.3 Å². The van der Waals surface area contributed by atoms with Crippen molar-refractivity contribution in [3.63, 3.8) is 0 Å². The van der Waals surface area contributed by atoms with Gasteiger partial charge in [-0.15, -0.1) is 0 Å². The standard InChI is InChI=1S/C31H34N2O5/c1-3-38-31(36)25-15-17-32(18-16-25)29(34)20-24-11-7-13-27(19-24)33(22-23-9-5-4-6-10-23)30(35)26-12-8-14-28(21-26)37-2/h4-14,19,21,25H,3,15-18,20,22H2,1-2H3. The molecule has 0 atom stereocenters. The molecule has 0 bridgehead atoms. The van der Waals surface area contributed by atoms with Gasteiger partial charge in [0.2, 0.25) is 5.91 Å².